The molecule has 0 radical (unpaired) electrons. The first-order chi connectivity index (χ1) is 8.20. The number of nitrogen functional groups attached to an aromatic ring is 1. The summed E-state index contributed by atoms with van der Waals surface area (Å²) in [5.41, 5.74) is 6.41. The van der Waals surface area contributed by atoms with Crippen molar-refractivity contribution >= 4 is 11.5 Å². The van der Waals surface area contributed by atoms with Crippen LogP contribution in [0.3, 0.4) is 0 Å². The fourth-order valence-corrected chi connectivity index (χ4v) is 1.38. The third kappa shape index (κ3) is 3.74. The lowest BCUT2D eigenvalue weighted by molar-refractivity contribution is 0.154. The largest absolute Gasteiger partial charge is 0.476 e. The highest BCUT2D eigenvalue weighted by Gasteiger charge is 2.12. The van der Waals surface area contributed by atoms with Gasteiger partial charge in [0.2, 0.25) is 5.88 Å². The van der Waals surface area contributed by atoms with E-state index in [1.54, 1.807) is 0 Å². The number of likely N-dealkylation sites (N-methyl/N-ethyl adjacent to an activating group) is 1. The summed E-state index contributed by atoms with van der Waals surface area (Å²) in [4.78, 5) is 10.1. The number of nitrogens with zero attached hydrogens (tertiary/aromatic N) is 3. The highest BCUT2D eigenvalue weighted by molar-refractivity contribution is 5.67. The second-order valence-electron chi connectivity index (χ2n) is 3.47. The maximum absolute atomic E-state index is 5.94. The van der Waals surface area contributed by atoms with Gasteiger partial charge in [-0.2, -0.15) is 4.98 Å². The van der Waals surface area contributed by atoms with E-state index in [0.717, 1.165) is 6.54 Å². The van der Waals surface area contributed by atoms with Gasteiger partial charge in [0.05, 0.1) is 13.2 Å². The molecule has 0 saturated heterocycles. The standard InChI is InChI=1S/C11H20N4O2/c1-4-16-7-6-15(3)10-9(12)11(17-5-2)14-8-13-10/h8H,4-7,12H2,1-3H3. The van der Waals surface area contributed by atoms with Gasteiger partial charge >= 0.3 is 0 Å². The van der Waals surface area contributed by atoms with Crippen LogP contribution >= 0.6 is 0 Å². The second-order valence-corrected chi connectivity index (χ2v) is 3.47. The van der Waals surface area contributed by atoms with E-state index in [1.807, 2.05) is 25.8 Å². The van der Waals surface area contributed by atoms with Crippen molar-refractivity contribution in [2.45, 2.75) is 13.8 Å². The zero-order valence-electron chi connectivity index (χ0n) is 10.6. The maximum Gasteiger partial charge on any atom is 0.242 e. The van der Waals surface area contributed by atoms with Crippen molar-refractivity contribution in [3.63, 3.8) is 0 Å². The molecular weight excluding hydrogens is 220 g/mol. The number of hydrogen-bond acceptors (Lipinski definition) is 6. The van der Waals surface area contributed by atoms with Crippen LogP contribution in [0.4, 0.5) is 11.5 Å². The SMILES string of the molecule is CCOCCN(C)c1ncnc(OCC)c1N. The van der Waals surface area contributed by atoms with Crippen molar-refractivity contribution in [2.75, 3.05) is 44.0 Å². The molecule has 0 atom stereocenters. The van der Waals surface area contributed by atoms with Gasteiger partial charge in [0.15, 0.2) is 5.82 Å². The van der Waals surface area contributed by atoms with Crippen LogP contribution in [0.2, 0.25) is 0 Å². The molecule has 0 aliphatic carbocycles. The van der Waals surface area contributed by atoms with E-state index < -0.39 is 0 Å². The van der Waals surface area contributed by atoms with Crippen LogP contribution in [-0.4, -0.2) is 43.4 Å². The molecule has 0 unspecified atom stereocenters. The third-order valence-electron chi connectivity index (χ3n) is 2.24. The second kappa shape index (κ2) is 6.90. The number of hydrogen-bond donors (Lipinski definition) is 1. The molecule has 1 rings (SSSR count). The summed E-state index contributed by atoms with van der Waals surface area (Å²) in [6, 6.07) is 0. The van der Waals surface area contributed by atoms with Crippen LogP contribution in [0.15, 0.2) is 6.33 Å². The van der Waals surface area contributed by atoms with Crippen LogP contribution < -0.4 is 15.4 Å². The van der Waals surface area contributed by atoms with Crippen molar-refractivity contribution in [2.24, 2.45) is 0 Å². The first-order valence-electron chi connectivity index (χ1n) is 5.72. The van der Waals surface area contributed by atoms with Crippen LogP contribution in [0, 0.1) is 0 Å². The van der Waals surface area contributed by atoms with Gasteiger partial charge in [-0.25, -0.2) is 4.98 Å². The van der Waals surface area contributed by atoms with Gasteiger partial charge in [-0.1, -0.05) is 0 Å². The predicted molar refractivity (Wildman–Crippen MR) is 67.4 cm³/mol. The summed E-state index contributed by atoms with van der Waals surface area (Å²) in [6.07, 6.45) is 1.45. The van der Waals surface area contributed by atoms with Gasteiger partial charge in [0.25, 0.3) is 0 Å². The van der Waals surface area contributed by atoms with Crippen molar-refractivity contribution < 1.29 is 9.47 Å². The summed E-state index contributed by atoms with van der Waals surface area (Å²) < 4.78 is 10.6. The van der Waals surface area contributed by atoms with Gasteiger partial charge in [-0.05, 0) is 13.8 Å². The van der Waals surface area contributed by atoms with E-state index >= 15 is 0 Å². The Kier molecular flexibility index (Phi) is 5.48. The molecule has 0 fully saturated rings. The Balaban J connectivity index is 2.72. The van der Waals surface area contributed by atoms with Gasteiger partial charge < -0.3 is 20.1 Å². The average Bonchev–Trinajstić information content (AvgIpc) is 2.32. The highest BCUT2D eigenvalue weighted by atomic mass is 16.5. The maximum atomic E-state index is 5.94. The highest BCUT2D eigenvalue weighted by Crippen LogP contribution is 2.26. The molecule has 0 amide bonds. The number of ether oxygens (including phenoxy) is 2. The summed E-state index contributed by atoms with van der Waals surface area (Å²) in [7, 11) is 1.91. The Hall–Kier alpha value is -1.56. The topological polar surface area (TPSA) is 73.5 Å². The minimum Gasteiger partial charge on any atom is -0.476 e. The Bertz CT molecular complexity index is 346. The number of aromatic nitrogens is 2. The quantitative estimate of drug-likeness (QED) is 0.715. The van der Waals surface area contributed by atoms with E-state index in [2.05, 4.69) is 9.97 Å². The molecule has 1 aromatic heterocycles. The first kappa shape index (κ1) is 13.5. The lowest BCUT2D eigenvalue weighted by atomic mass is 10.4. The zero-order valence-corrected chi connectivity index (χ0v) is 10.6. The van der Waals surface area contributed by atoms with Crippen molar-refractivity contribution in [3.05, 3.63) is 6.33 Å². The van der Waals surface area contributed by atoms with E-state index in [9.17, 15) is 0 Å². The molecular formula is C11H20N4O2. The summed E-state index contributed by atoms with van der Waals surface area (Å²) in [5.74, 6) is 1.10. The van der Waals surface area contributed by atoms with E-state index in [4.69, 9.17) is 15.2 Å². The first-order valence-corrected chi connectivity index (χ1v) is 5.72. The molecule has 1 aromatic rings. The lowest BCUT2D eigenvalue weighted by Gasteiger charge is -2.20. The minimum atomic E-state index is 0.431. The third-order valence-corrected chi connectivity index (χ3v) is 2.24. The fourth-order valence-electron chi connectivity index (χ4n) is 1.38. The molecule has 2 N–H and O–H groups in total. The van der Waals surface area contributed by atoms with E-state index in [0.29, 0.717) is 37.2 Å². The van der Waals surface area contributed by atoms with Gasteiger partial charge in [-0.15, -0.1) is 0 Å². The molecule has 6 heteroatoms. The Labute approximate surface area is 102 Å². The van der Waals surface area contributed by atoms with E-state index in [1.165, 1.54) is 6.33 Å². The monoisotopic (exact) mass is 240 g/mol. The molecule has 0 bridgehead atoms. The van der Waals surface area contributed by atoms with Crippen LogP contribution in [0.25, 0.3) is 0 Å². The molecule has 6 nitrogen and oxygen atoms in total. The molecule has 17 heavy (non-hydrogen) atoms. The molecule has 0 saturated carbocycles. The Morgan fingerprint density at radius 1 is 1.29 bits per heavy atom. The van der Waals surface area contributed by atoms with Gasteiger partial charge in [0.1, 0.15) is 12.0 Å². The Morgan fingerprint density at radius 2 is 2.06 bits per heavy atom. The van der Waals surface area contributed by atoms with Crippen LogP contribution in [0.1, 0.15) is 13.8 Å². The van der Waals surface area contributed by atoms with Gasteiger partial charge in [0, 0.05) is 20.2 Å². The lowest BCUT2D eigenvalue weighted by Crippen LogP contribution is -2.25. The molecule has 1 heterocycles. The Morgan fingerprint density at radius 3 is 2.71 bits per heavy atom. The zero-order chi connectivity index (χ0) is 12.7. The normalized spacial score (nSPS) is 10.3. The fraction of sp³-hybridized carbons (Fsp3) is 0.636. The van der Waals surface area contributed by atoms with E-state index in [-0.39, 0.29) is 0 Å². The summed E-state index contributed by atoms with van der Waals surface area (Å²) in [6.45, 7) is 6.45. The number of rotatable bonds is 7. The summed E-state index contributed by atoms with van der Waals surface area (Å²) >= 11 is 0. The number of anilines is 2. The van der Waals surface area contributed by atoms with Crippen molar-refractivity contribution in [1.29, 1.82) is 0 Å². The van der Waals surface area contributed by atoms with Crippen LogP contribution in [0.5, 0.6) is 5.88 Å². The van der Waals surface area contributed by atoms with Crippen LogP contribution in [-0.2, 0) is 4.74 Å². The van der Waals surface area contributed by atoms with Crippen molar-refractivity contribution in [3.8, 4) is 5.88 Å². The smallest absolute Gasteiger partial charge is 0.242 e. The van der Waals surface area contributed by atoms with Crippen molar-refractivity contribution in [1.82, 2.24) is 9.97 Å². The molecule has 0 spiro atoms. The average molecular weight is 240 g/mol. The van der Waals surface area contributed by atoms with Gasteiger partial charge in [-0.3, -0.25) is 0 Å². The molecule has 0 aliphatic rings. The molecule has 0 aromatic carbocycles. The summed E-state index contributed by atoms with van der Waals surface area (Å²) in [5, 5.41) is 0. The molecule has 96 valence electrons. The minimum absolute atomic E-state index is 0.431. The number of nitrogens with two attached hydrogens (primary N) is 1. The molecule has 0 aliphatic heterocycles. The predicted octanol–water partition coefficient (Wildman–Crippen LogP) is 0.930.